The Hall–Kier alpha value is -1.31. The summed E-state index contributed by atoms with van der Waals surface area (Å²) in [6.07, 6.45) is -2.58. The summed E-state index contributed by atoms with van der Waals surface area (Å²) >= 11 is 0. The van der Waals surface area contributed by atoms with Crippen LogP contribution in [-0.4, -0.2) is 41.9 Å². The molecule has 2 heterocycles. The topological polar surface area (TPSA) is 143 Å². The molecule has 1 N–H and O–H groups in total. The van der Waals surface area contributed by atoms with E-state index in [-0.39, 0.29) is 0 Å². The lowest BCUT2D eigenvalue weighted by Crippen LogP contribution is -2.36. The van der Waals surface area contributed by atoms with Crippen molar-refractivity contribution < 1.29 is 34.7 Å². The van der Waals surface area contributed by atoms with E-state index in [1.54, 1.807) is 6.92 Å². The second kappa shape index (κ2) is 9.94. The number of nitrogens with one attached hydrogen (secondary N) is 1. The van der Waals surface area contributed by atoms with Gasteiger partial charge in [0.25, 0.3) is 5.56 Å². The number of aromatic nitrogens is 2. The first-order chi connectivity index (χ1) is 14.1. The first kappa shape index (κ1) is 20.0. The molecule has 11 nitrogen and oxygen atoms in total. The maximum atomic E-state index is 13.0. The van der Waals surface area contributed by atoms with Crippen LogP contribution in [0.4, 0.5) is 0 Å². The van der Waals surface area contributed by atoms with Crippen LogP contribution in [0.2, 0.25) is 0 Å². The molecule has 1 aromatic heterocycles. The third-order valence-corrected chi connectivity index (χ3v) is 7.22. The van der Waals surface area contributed by atoms with Crippen LogP contribution in [0.25, 0.3) is 0 Å². The molecule has 1 aromatic rings. The van der Waals surface area contributed by atoms with Crippen LogP contribution in [-0.2, 0) is 32.0 Å². The molecular formula is C14H20N2O9P3+. The molecule has 28 heavy (non-hydrogen) atoms. The molecule has 0 bridgehead atoms. The predicted octanol–water partition coefficient (Wildman–Crippen LogP) is 2.45. The number of rotatable bonds is 9. The van der Waals surface area contributed by atoms with E-state index < -0.39 is 77.9 Å². The van der Waals surface area contributed by atoms with Crippen molar-refractivity contribution in [2.45, 2.75) is 25.4 Å². The molecule has 1 fully saturated rings. The summed E-state index contributed by atoms with van der Waals surface area (Å²) in [5, 5.41) is 0. The first-order valence-corrected chi connectivity index (χ1v) is 12.0. The fraction of sp³-hybridized carbons (Fsp3) is 0.571. The van der Waals surface area contributed by atoms with Crippen molar-refractivity contribution in [3.05, 3.63) is 44.9 Å². The summed E-state index contributed by atoms with van der Waals surface area (Å²) in [4.78, 5) is 25.5. The molecule has 14 heteroatoms. The van der Waals surface area contributed by atoms with E-state index in [1.165, 1.54) is 13.3 Å². The average Bonchev–Trinajstić information content (AvgIpc) is 3.00. The summed E-state index contributed by atoms with van der Waals surface area (Å²) in [6.45, 7) is 2.75. The predicted molar refractivity (Wildman–Crippen MR) is 100 cm³/mol. The third-order valence-electron chi connectivity index (χ3n) is 3.86. The second-order valence-electron chi connectivity index (χ2n) is 5.81. The Labute approximate surface area is 165 Å². The summed E-state index contributed by atoms with van der Waals surface area (Å²) in [6, 6.07) is 0.554. The minimum Gasteiger partial charge on any atom is -0.376 e. The monoisotopic (exact) mass is 455 g/mol. The number of aromatic amines is 1. The minimum atomic E-state index is -4.25. The Bertz CT molecular complexity index is 1010. The molecule has 6 atom stereocenters. The van der Waals surface area contributed by atoms with E-state index in [0.717, 1.165) is 17.3 Å². The van der Waals surface area contributed by atoms with Crippen molar-refractivity contribution in [1.82, 2.24) is 9.55 Å². The molecule has 154 valence electrons. The molecular weight excluding hydrogens is 433 g/mol. The van der Waals surface area contributed by atoms with Gasteiger partial charge in [-0.25, -0.2) is 9.36 Å². The summed E-state index contributed by atoms with van der Waals surface area (Å²) < 4.78 is 73.1. The Kier molecular flexibility index (Phi) is 7.09. The molecule has 2 rings (SSSR count). The fourth-order valence-electron chi connectivity index (χ4n) is 2.66. The van der Waals surface area contributed by atoms with Crippen molar-refractivity contribution in [2.24, 2.45) is 5.92 Å². The molecule has 3 unspecified atom stereocenters. The van der Waals surface area contributed by atoms with Crippen LogP contribution < -0.4 is 11.2 Å². The van der Waals surface area contributed by atoms with Crippen LogP contribution >= 0.6 is 24.1 Å². The molecule has 0 amide bonds. The minimum absolute atomic E-state index is 0.559. The van der Waals surface area contributed by atoms with Gasteiger partial charge in [0, 0.05) is 31.1 Å². The highest BCUT2D eigenvalue weighted by Crippen LogP contribution is 2.56. The average molecular weight is 455 g/mol. The standard InChI is InChI=1S/C14H19N2O9P3/c1-9-10(5-7-28(21,8-23-26-19)25-27(3)20)24-13(12(9)22-2)16-6-4-11(17)15-14(16)18/h4-7,9-10,12-13H,8H2,1-3H3/p+1/b7-5+/t9-,10+,12?,13+,28?/m0/s1/i5D,7D. The molecule has 0 aliphatic carbocycles. The Morgan fingerprint density at radius 2 is 2.25 bits per heavy atom. The number of methoxy groups -OCH3 is 1. The van der Waals surface area contributed by atoms with Crippen molar-refractivity contribution in [3.8, 4) is 0 Å². The van der Waals surface area contributed by atoms with Gasteiger partial charge < -0.3 is 9.47 Å². The second-order valence-corrected chi connectivity index (χ2v) is 9.58. The van der Waals surface area contributed by atoms with Crippen LogP contribution in [0.5, 0.6) is 0 Å². The van der Waals surface area contributed by atoms with Crippen molar-refractivity contribution in [2.75, 3.05) is 20.1 Å². The normalized spacial score (nSPS) is 29.6. The summed E-state index contributed by atoms with van der Waals surface area (Å²) in [5.41, 5.74) is -1.37. The largest absolute Gasteiger partial charge is 0.511 e. The first-order valence-electron chi connectivity index (χ1n) is 8.87. The lowest BCUT2D eigenvalue weighted by atomic mass is 10.0. The maximum Gasteiger partial charge on any atom is 0.511 e. The van der Waals surface area contributed by atoms with E-state index in [0.29, 0.717) is 0 Å². The van der Waals surface area contributed by atoms with Gasteiger partial charge in [0.2, 0.25) is 0 Å². The van der Waals surface area contributed by atoms with Crippen LogP contribution in [0, 0.1) is 5.92 Å². The molecule has 0 radical (unpaired) electrons. The highest BCUT2D eigenvalue weighted by Gasteiger charge is 2.43. The van der Waals surface area contributed by atoms with Crippen LogP contribution in [0.15, 0.2) is 33.7 Å². The maximum absolute atomic E-state index is 13.0. The smallest absolute Gasteiger partial charge is 0.376 e. The summed E-state index contributed by atoms with van der Waals surface area (Å²) in [5.74, 6) is -1.41. The number of ether oxygens (including phenoxy) is 2. The van der Waals surface area contributed by atoms with Gasteiger partial charge in [-0.2, -0.15) is 0 Å². The van der Waals surface area contributed by atoms with E-state index >= 15 is 0 Å². The zero-order chi connectivity index (χ0) is 22.6. The number of hydrogen-bond acceptors (Lipinski definition) is 9. The zero-order valence-corrected chi connectivity index (χ0v) is 17.8. The summed E-state index contributed by atoms with van der Waals surface area (Å²) in [7, 11) is -6.14. The molecule has 1 aliphatic rings. The van der Waals surface area contributed by atoms with Crippen LogP contribution in [0.3, 0.4) is 0 Å². The molecule has 0 saturated carbocycles. The van der Waals surface area contributed by atoms with Crippen molar-refractivity contribution >= 4 is 24.1 Å². The van der Waals surface area contributed by atoms with E-state index in [9.17, 15) is 23.3 Å². The van der Waals surface area contributed by atoms with Gasteiger partial charge in [0.15, 0.2) is 12.9 Å². The lowest BCUT2D eigenvalue weighted by molar-refractivity contribution is -0.0444. The lowest BCUT2D eigenvalue weighted by Gasteiger charge is -2.20. The van der Waals surface area contributed by atoms with Gasteiger partial charge in [-0.05, 0) is 10.6 Å². The third kappa shape index (κ3) is 5.61. The highest BCUT2D eigenvalue weighted by atomic mass is 31.2. The van der Waals surface area contributed by atoms with Crippen molar-refractivity contribution in [3.63, 3.8) is 0 Å². The SMILES string of the molecule is [2H]/C(=C(/[2H])P(=O)(COP=O)O[P+](C)=O)[C@H]1O[C@@H](n2ccc(=O)[nH]c2=O)C(OC)[C@H]1C. The zero-order valence-electron chi connectivity index (χ0n) is 17.1. The van der Waals surface area contributed by atoms with Crippen molar-refractivity contribution in [1.29, 1.82) is 0 Å². The Morgan fingerprint density at radius 1 is 1.54 bits per heavy atom. The molecule has 1 aliphatic heterocycles. The fourth-order valence-corrected chi connectivity index (χ4v) is 5.68. The van der Waals surface area contributed by atoms with E-state index in [2.05, 4.69) is 9.51 Å². The Morgan fingerprint density at radius 3 is 2.82 bits per heavy atom. The highest BCUT2D eigenvalue weighted by molar-refractivity contribution is 7.68. The van der Waals surface area contributed by atoms with Gasteiger partial charge in [0.1, 0.15) is 12.5 Å². The van der Waals surface area contributed by atoms with Gasteiger partial charge in [-0.1, -0.05) is 11.2 Å². The quantitative estimate of drug-likeness (QED) is 0.556. The van der Waals surface area contributed by atoms with E-state index in [4.69, 9.17) is 16.5 Å². The number of H-pyrrole nitrogens is 1. The van der Waals surface area contributed by atoms with Gasteiger partial charge in [0.05, 0.1) is 8.85 Å². The van der Waals surface area contributed by atoms with Crippen LogP contribution in [0.1, 0.15) is 15.9 Å². The number of hydrogen-bond donors (Lipinski definition) is 1. The number of nitrogens with zero attached hydrogens (tertiary/aromatic N) is 1. The molecule has 0 aromatic carbocycles. The molecule has 1 saturated heterocycles. The van der Waals surface area contributed by atoms with Gasteiger partial charge in [-0.3, -0.25) is 23.4 Å². The molecule has 0 spiro atoms. The Balaban J connectivity index is 2.46. The van der Waals surface area contributed by atoms with Gasteiger partial charge >= 0.3 is 29.8 Å². The van der Waals surface area contributed by atoms with Gasteiger partial charge in [-0.15, -0.1) is 0 Å². The van der Waals surface area contributed by atoms with E-state index in [1.807, 2.05) is 0 Å².